The third kappa shape index (κ3) is 6.48. The Morgan fingerprint density at radius 2 is 2.21 bits per heavy atom. The smallest absolute Gasteiger partial charge is 0.408 e. The van der Waals surface area contributed by atoms with Gasteiger partial charge in [-0.3, -0.25) is 0 Å². The molecule has 0 aromatic carbocycles. The zero-order chi connectivity index (χ0) is 11.2. The van der Waals surface area contributed by atoms with Gasteiger partial charge in [-0.1, -0.05) is 6.08 Å². The molecule has 0 aliphatic rings. The van der Waals surface area contributed by atoms with E-state index in [-0.39, 0.29) is 12.6 Å². The number of ether oxygens (including phenoxy) is 1. The van der Waals surface area contributed by atoms with Crippen molar-refractivity contribution in [2.75, 3.05) is 6.61 Å². The van der Waals surface area contributed by atoms with E-state index in [1.165, 1.54) is 0 Å². The Labute approximate surface area is 85.0 Å². The van der Waals surface area contributed by atoms with Crippen LogP contribution in [-0.4, -0.2) is 29.4 Å². The maximum absolute atomic E-state index is 11.2. The summed E-state index contributed by atoms with van der Waals surface area (Å²) in [7, 11) is 0. The van der Waals surface area contributed by atoms with Crippen molar-refractivity contribution >= 4 is 6.09 Å². The summed E-state index contributed by atoms with van der Waals surface area (Å²) in [4.78, 5) is 11.2. The first-order valence-electron chi connectivity index (χ1n) is 4.62. The first-order chi connectivity index (χ1) is 6.39. The first kappa shape index (κ1) is 13.0. The number of aliphatic hydroxyl groups is 1. The highest BCUT2D eigenvalue weighted by atomic mass is 16.6. The highest BCUT2D eigenvalue weighted by Crippen LogP contribution is 2.07. The number of nitrogens with one attached hydrogen (secondary N) is 1. The number of amides is 1. The average molecular weight is 201 g/mol. The van der Waals surface area contributed by atoms with E-state index < -0.39 is 11.7 Å². The van der Waals surface area contributed by atoms with Crippen LogP contribution in [0.25, 0.3) is 0 Å². The second-order valence-electron chi connectivity index (χ2n) is 4.00. The number of alkyl carbamates (subject to hydrolysis) is 1. The molecule has 0 bridgehead atoms. The lowest BCUT2D eigenvalue weighted by Gasteiger charge is -2.21. The monoisotopic (exact) mass is 201 g/mol. The van der Waals surface area contributed by atoms with Gasteiger partial charge < -0.3 is 15.2 Å². The van der Waals surface area contributed by atoms with E-state index >= 15 is 0 Å². The number of carbonyl (C=O) groups excluding carboxylic acids is 1. The minimum Gasteiger partial charge on any atom is -0.444 e. The van der Waals surface area contributed by atoms with E-state index in [2.05, 4.69) is 11.9 Å². The quantitative estimate of drug-likeness (QED) is 0.677. The fraction of sp³-hybridized carbons (Fsp3) is 0.700. The number of rotatable bonds is 4. The molecule has 0 heterocycles. The van der Waals surface area contributed by atoms with E-state index in [1.807, 2.05) is 0 Å². The SMILES string of the molecule is C=CC(CCO)NC(=O)OC(C)(C)C. The second-order valence-corrected chi connectivity index (χ2v) is 4.00. The fourth-order valence-electron chi connectivity index (χ4n) is 0.847. The molecule has 0 radical (unpaired) electrons. The molecule has 0 aromatic rings. The van der Waals surface area contributed by atoms with Crippen molar-refractivity contribution in [2.24, 2.45) is 0 Å². The molecule has 2 N–H and O–H groups in total. The summed E-state index contributed by atoms with van der Waals surface area (Å²) in [5, 5.41) is 11.3. The van der Waals surface area contributed by atoms with Crippen molar-refractivity contribution in [1.82, 2.24) is 5.32 Å². The summed E-state index contributed by atoms with van der Waals surface area (Å²) in [6.07, 6.45) is 1.53. The van der Waals surface area contributed by atoms with Crippen LogP contribution in [0.15, 0.2) is 12.7 Å². The van der Waals surface area contributed by atoms with Gasteiger partial charge in [-0.05, 0) is 27.2 Å². The van der Waals surface area contributed by atoms with Gasteiger partial charge in [0.2, 0.25) is 0 Å². The van der Waals surface area contributed by atoms with Crippen LogP contribution in [-0.2, 0) is 4.74 Å². The normalized spacial score (nSPS) is 13.1. The number of carbonyl (C=O) groups is 1. The lowest BCUT2D eigenvalue weighted by molar-refractivity contribution is 0.0509. The fourth-order valence-corrected chi connectivity index (χ4v) is 0.847. The standard InChI is InChI=1S/C10H19NO3/c1-5-8(6-7-12)11-9(13)14-10(2,3)4/h5,8,12H,1,6-7H2,2-4H3,(H,11,13). The van der Waals surface area contributed by atoms with Crippen molar-refractivity contribution in [1.29, 1.82) is 0 Å². The van der Waals surface area contributed by atoms with Crippen molar-refractivity contribution in [3.05, 3.63) is 12.7 Å². The molecule has 1 atom stereocenters. The molecule has 4 nitrogen and oxygen atoms in total. The Kier molecular flexibility index (Phi) is 5.23. The van der Waals surface area contributed by atoms with Gasteiger partial charge >= 0.3 is 6.09 Å². The van der Waals surface area contributed by atoms with Gasteiger partial charge in [-0.25, -0.2) is 4.79 Å². The van der Waals surface area contributed by atoms with Gasteiger partial charge in [0.1, 0.15) is 5.60 Å². The maximum Gasteiger partial charge on any atom is 0.408 e. The number of hydrogen-bond acceptors (Lipinski definition) is 3. The molecule has 0 spiro atoms. The largest absolute Gasteiger partial charge is 0.444 e. The molecule has 0 aliphatic carbocycles. The predicted molar refractivity (Wildman–Crippen MR) is 55.1 cm³/mol. The van der Waals surface area contributed by atoms with Gasteiger partial charge in [0.15, 0.2) is 0 Å². The maximum atomic E-state index is 11.2. The molecule has 0 saturated carbocycles. The van der Waals surface area contributed by atoms with Crippen LogP contribution in [0.5, 0.6) is 0 Å². The third-order valence-corrected chi connectivity index (χ3v) is 1.43. The predicted octanol–water partition coefficient (Wildman–Crippen LogP) is 1.45. The second kappa shape index (κ2) is 5.65. The number of hydrogen-bond donors (Lipinski definition) is 2. The molecule has 0 fully saturated rings. The average Bonchev–Trinajstić information content (AvgIpc) is 2.00. The van der Waals surface area contributed by atoms with Crippen molar-refractivity contribution in [2.45, 2.75) is 38.8 Å². The van der Waals surface area contributed by atoms with Crippen LogP contribution >= 0.6 is 0 Å². The molecule has 0 rings (SSSR count). The summed E-state index contributed by atoms with van der Waals surface area (Å²) in [6, 6.07) is -0.241. The first-order valence-corrected chi connectivity index (χ1v) is 4.62. The van der Waals surface area contributed by atoms with E-state index in [0.29, 0.717) is 6.42 Å². The lowest BCUT2D eigenvalue weighted by Crippen LogP contribution is -2.38. The summed E-state index contributed by atoms with van der Waals surface area (Å²) in [6.45, 7) is 8.93. The van der Waals surface area contributed by atoms with Crippen LogP contribution < -0.4 is 5.32 Å². The van der Waals surface area contributed by atoms with Gasteiger partial charge in [-0.2, -0.15) is 0 Å². The molecule has 14 heavy (non-hydrogen) atoms. The zero-order valence-electron chi connectivity index (χ0n) is 9.04. The highest BCUT2D eigenvalue weighted by molar-refractivity contribution is 5.68. The van der Waals surface area contributed by atoms with Gasteiger partial charge in [0.05, 0.1) is 6.04 Å². The molecule has 0 aliphatic heterocycles. The summed E-state index contributed by atoms with van der Waals surface area (Å²) < 4.78 is 5.04. The Bertz CT molecular complexity index is 196. The van der Waals surface area contributed by atoms with Crippen LogP contribution in [0.3, 0.4) is 0 Å². The number of aliphatic hydroxyl groups excluding tert-OH is 1. The molecular formula is C10H19NO3. The Balaban J connectivity index is 3.97. The van der Waals surface area contributed by atoms with Crippen LogP contribution in [0.4, 0.5) is 4.79 Å². The Hall–Kier alpha value is -1.03. The van der Waals surface area contributed by atoms with Crippen LogP contribution in [0.2, 0.25) is 0 Å². The minimum atomic E-state index is -0.505. The van der Waals surface area contributed by atoms with Crippen molar-refractivity contribution in [3.8, 4) is 0 Å². The van der Waals surface area contributed by atoms with Crippen molar-refractivity contribution in [3.63, 3.8) is 0 Å². The highest BCUT2D eigenvalue weighted by Gasteiger charge is 2.17. The Morgan fingerprint density at radius 3 is 2.57 bits per heavy atom. The molecule has 0 saturated heterocycles. The van der Waals surface area contributed by atoms with Gasteiger partial charge in [-0.15, -0.1) is 6.58 Å². The summed E-state index contributed by atoms with van der Waals surface area (Å²) >= 11 is 0. The Morgan fingerprint density at radius 1 is 1.64 bits per heavy atom. The van der Waals surface area contributed by atoms with E-state index in [9.17, 15) is 4.79 Å². The van der Waals surface area contributed by atoms with Crippen LogP contribution in [0, 0.1) is 0 Å². The van der Waals surface area contributed by atoms with E-state index in [0.717, 1.165) is 0 Å². The third-order valence-electron chi connectivity index (χ3n) is 1.43. The summed E-state index contributed by atoms with van der Waals surface area (Å²) in [5.74, 6) is 0. The molecule has 4 heteroatoms. The molecule has 82 valence electrons. The molecule has 1 amide bonds. The van der Waals surface area contributed by atoms with E-state index in [4.69, 9.17) is 9.84 Å². The zero-order valence-corrected chi connectivity index (χ0v) is 9.04. The topological polar surface area (TPSA) is 58.6 Å². The molecular weight excluding hydrogens is 182 g/mol. The molecule has 0 aromatic heterocycles. The summed E-state index contributed by atoms with van der Waals surface area (Å²) in [5.41, 5.74) is -0.505. The van der Waals surface area contributed by atoms with Gasteiger partial charge in [0, 0.05) is 6.61 Å². The van der Waals surface area contributed by atoms with Gasteiger partial charge in [0.25, 0.3) is 0 Å². The lowest BCUT2D eigenvalue weighted by atomic mass is 10.2. The minimum absolute atomic E-state index is 0.00643. The molecule has 1 unspecified atom stereocenters. The van der Waals surface area contributed by atoms with E-state index in [1.54, 1.807) is 26.8 Å². The van der Waals surface area contributed by atoms with Crippen LogP contribution in [0.1, 0.15) is 27.2 Å². The van der Waals surface area contributed by atoms with Crippen molar-refractivity contribution < 1.29 is 14.6 Å².